The SMILES string of the molecule is Cc1cc(=O)oc2ccccc12.Cc1ccc(S(=O)(=O)O)cc1. The maximum absolute atomic E-state index is 10.9. The maximum atomic E-state index is 10.9. The molecule has 1 heterocycles. The van der Waals surface area contributed by atoms with E-state index in [1.807, 2.05) is 32.0 Å². The van der Waals surface area contributed by atoms with Crippen molar-refractivity contribution in [3.8, 4) is 0 Å². The van der Waals surface area contributed by atoms with Gasteiger partial charge in [-0.15, -0.1) is 0 Å². The predicted octanol–water partition coefficient (Wildman–Crippen LogP) is 3.34. The molecule has 0 unspecified atom stereocenters. The third-order valence-electron chi connectivity index (χ3n) is 3.18. The van der Waals surface area contributed by atoms with Gasteiger partial charge in [-0.3, -0.25) is 4.55 Å². The van der Waals surface area contributed by atoms with Gasteiger partial charge in [-0.25, -0.2) is 4.79 Å². The first-order valence-electron chi connectivity index (χ1n) is 6.81. The minimum atomic E-state index is -4.02. The minimum absolute atomic E-state index is 0.0666. The van der Waals surface area contributed by atoms with Gasteiger partial charge in [0.25, 0.3) is 10.1 Å². The molecule has 6 heteroatoms. The van der Waals surface area contributed by atoms with E-state index in [4.69, 9.17) is 8.97 Å². The molecule has 0 aliphatic heterocycles. The highest BCUT2D eigenvalue weighted by molar-refractivity contribution is 7.85. The zero-order valence-corrected chi connectivity index (χ0v) is 13.5. The Morgan fingerprint density at radius 1 is 0.957 bits per heavy atom. The Balaban J connectivity index is 0.000000168. The van der Waals surface area contributed by atoms with Crippen LogP contribution in [-0.2, 0) is 10.1 Å². The van der Waals surface area contributed by atoms with Crippen LogP contribution in [0.3, 0.4) is 0 Å². The maximum Gasteiger partial charge on any atom is 0.336 e. The Bertz CT molecular complexity index is 970. The number of para-hydroxylation sites is 1. The summed E-state index contributed by atoms with van der Waals surface area (Å²) in [5.74, 6) is 0. The Morgan fingerprint density at radius 2 is 1.57 bits per heavy atom. The number of hydrogen-bond acceptors (Lipinski definition) is 4. The molecule has 0 amide bonds. The van der Waals surface area contributed by atoms with Crippen molar-refractivity contribution < 1.29 is 17.4 Å². The van der Waals surface area contributed by atoms with Crippen LogP contribution in [0.25, 0.3) is 11.0 Å². The fourth-order valence-electron chi connectivity index (χ4n) is 1.98. The monoisotopic (exact) mass is 332 g/mol. The number of benzene rings is 2. The third kappa shape index (κ3) is 4.51. The lowest BCUT2D eigenvalue weighted by Gasteiger charge is -1.97. The molecule has 3 aromatic rings. The lowest BCUT2D eigenvalue weighted by Crippen LogP contribution is -1.97. The summed E-state index contributed by atoms with van der Waals surface area (Å²) in [5, 5.41) is 0.997. The highest BCUT2D eigenvalue weighted by atomic mass is 32.2. The lowest BCUT2D eigenvalue weighted by molar-refractivity contribution is 0.483. The molecule has 1 aromatic heterocycles. The molecule has 0 atom stereocenters. The first kappa shape index (κ1) is 16.9. The fraction of sp³-hybridized carbons (Fsp3) is 0.118. The standard InChI is InChI=1S/C10H8O2.C7H8O3S/c1-7-6-10(11)12-9-5-3-2-4-8(7)9;1-6-2-4-7(5-3-6)11(8,9)10/h2-6H,1H3;2-5H,1H3,(H,8,9,10). The van der Waals surface area contributed by atoms with Crippen molar-refractivity contribution in [2.45, 2.75) is 18.7 Å². The first-order chi connectivity index (χ1) is 10.8. The van der Waals surface area contributed by atoms with E-state index in [0.717, 1.165) is 16.5 Å². The van der Waals surface area contributed by atoms with Crippen molar-refractivity contribution in [3.63, 3.8) is 0 Å². The molecule has 23 heavy (non-hydrogen) atoms. The normalized spacial score (nSPS) is 10.9. The minimum Gasteiger partial charge on any atom is -0.423 e. The highest BCUT2D eigenvalue weighted by Gasteiger charge is 2.06. The fourth-order valence-corrected chi connectivity index (χ4v) is 2.46. The molecule has 3 rings (SSSR count). The van der Waals surface area contributed by atoms with E-state index in [2.05, 4.69) is 0 Å². The second kappa shape index (κ2) is 6.76. The smallest absolute Gasteiger partial charge is 0.336 e. The van der Waals surface area contributed by atoms with E-state index in [1.54, 1.807) is 18.2 Å². The summed E-state index contributed by atoms with van der Waals surface area (Å²) in [6.07, 6.45) is 0. The highest BCUT2D eigenvalue weighted by Crippen LogP contribution is 2.14. The van der Waals surface area contributed by atoms with Gasteiger partial charge in [-0.1, -0.05) is 35.9 Å². The van der Waals surface area contributed by atoms with Gasteiger partial charge in [0, 0.05) is 11.5 Å². The van der Waals surface area contributed by atoms with Gasteiger partial charge >= 0.3 is 5.63 Å². The van der Waals surface area contributed by atoms with Crippen molar-refractivity contribution in [1.29, 1.82) is 0 Å². The van der Waals surface area contributed by atoms with Crippen LogP contribution in [0, 0.1) is 13.8 Å². The average Bonchev–Trinajstić information content (AvgIpc) is 2.47. The molecule has 0 bridgehead atoms. The van der Waals surface area contributed by atoms with Gasteiger partial charge in [0.05, 0.1) is 4.90 Å². The Morgan fingerprint density at radius 3 is 2.17 bits per heavy atom. The Kier molecular flexibility index (Phi) is 4.98. The number of fused-ring (bicyclic) bond motifs is 1. The summed E-state index contributed by atoms with van der Waals surface area (Å²) in [5.41, 5.74) is 2.29. The van der Waals surface area contributed by atoms with Crippen molar-refractivity contribution in [2.24, 2.45) is 0 Å². The molecule has 0 fully saturated rings. The molecule has 120 valence electrons. The van der Waals surface area contributed by atoms with Crippen molar-refractivity contribution in [3.05, 3.63) is 76.1 Å². The molecule has 0 aliphatic rings. The van der Waals surface area contributed by atoms with E-state index in [1.165, 1.54) is 18.2 Å². The molecular formula is C17H16O5S. The van der Waals surface area contributed by atoms with Crippen LogP contribution in [0.15, 0.2) is 68.7 Å². The first-order valence-corrected chi connectivity index (χ1v) is 8.25. The van der Waals surface area contributed by atoms with E-state index in [-0.39, 0.29) is 10.5 Å². The second-order valence-corrected chi connectivity index (χ2v) is 6.45. The van der Waals surface area contributed by atoms with Crippen LogP contribution in [0.4, 0.5) is 0 Å². The van der Waals surface area contributed by atoms with E-state index in [9.17, 15) is 13.2 Å². The molecule has 0 radical (unpaired) electrons. The van der Waals surface area contributed by atoms with Gasteiger partial charge in [-0.05, 0) is 37.6 Å². The van der Waals surface area contributed by atoms with Crippen molar-refractivity contribution in [1.82, 2.24) is 0 Å². The van der Waals surface area contributed by atoms with Crippen LogP contribution in [-0.4, -0.2) is 13.0 Å². The average molecular weight is 332 g/mol. The summed E-state index contributed by atoms with van der Waals surface area (Å²) < 4.78 is 34.5. The van der Waals surface area contributed by atoms with E-state index >= 15 is 0 Å². The number of aryl methyl sites for hydroxylation is 2. The Hall–Kier alpha value is -2.44. The quantitative estimate of drug-likeness (QED) is 0.546. The van der Waals surface area contributed by atoms with Crippen LogP contribution < -0.4 is 5.63 Å². The van der Waals surface area contributed by atoms with Gasteiger partial charge in [0.2, 0.25) is 0 Å². The topological polar surface area (TPSA) is 84.6 Å². The molecule has 5 nitrogen and oxygen atoms in total. The second-order valence-electron chi connectivity index (χ2n) is 5.03. The van der Waals surface area contributed by atoms with Gasteiger partial charge in [-0.2, -0.15) is 8.42 Å². The largest absolute Gasteiger partial charge is 0.423 e. The molecule has 0 aliphatic carbocycles. The summed E-state index contributed by atoms with van der Waals surface area (Å²) in [6.45, 7) is 3.74. The van der Waals surface area contributed by atoms with Crippen LogP contribution in [0.1, 0.15) is 11.1 Å². The van der Waals surface area contributed by atoms with Crippen LogP contribution in [0.2, 0.25) is 0 Å². The predicted molar refractivity (Wildman–Crippen MR) is 88.2 cm³/mol. The lowest BCUT2D eigenvalue weighted by atomic mass is 10.1. The van der Waals surface area contributed by atoms with Crippen molar-refractivity contribution >= 4 is 21.1 Å². The van der Waals surface area contributed by atoms with E-state index in [0.29, 0.717) is 5.58 Å². The van der Waals surface area contributed by atoms with E-state index < -0.39 is 10.1 Å². The molecule has 2 aromatic carbocycles. The molecule has 1 N–H and O–H groups in total. The van der Waals surface area contributed by atoms with Crippen molar-refractivity contribution in [2.75, 3.05) is 0 Å². The molecule has 0 saturated carbocycles. The van der Waals surface area contributed by atoms with Crippen LogP contribution >= 0.6 is 0 Å². The summed E-state index contributed by atoms with van der Waals surface area (Å²) in [4.78, 5) is 10.9. The molecule has 0 saturated heterocycles. The zero-order valence-electron chi connectivity index (χ0n) is 12.7. The number of hydrogen-bond donors (Lipinski definition) is 1. The van der Waals surface area contributed by atoms with Crippen LogP contribution in [0.5, 0.6) is 0 Å². The van der Waals surface area contributed by atoms with Gasteiger partial charge in [0.15, 0.2) is 0 Å². The number of rotatable bonds is 1. The molecule has 0 spiro atoms. The Labute approximate surface area is 134 Å². The molecular weight excluding hydrogens is 316 g/mol. The third-order valence-corrected chi connectivity index (χ3v) is 4.04. The summed E-state index contributed by atoms with van der Waals surface area (Å²) >= 11 is 0. The van der Waals surface area contributed by atoms with Gasteiger partial charge in [0.1, 0.15) is 5.58 Å². The zero-order chi connectivity index (χ0) is 17.0. The van der Waals surface area contributed by atoms with Gasteiger partial charge < -0.3 is 4.42 Å². The summed E-state index contributed by atoms with van der Waals surface area (Å²) in [6, 6.07) is 15.0. The summed E-state index contributed by atoms with van der Waals surface area (Å²) in [7, 11) is -4.02.